The molecule has 0 spiro atoms. The number of benzene rings is 1. The minimum Gasteiger partial charge on any atom is -0.444 e. The standard InChI is InChI=1S/C18H25BrClN3O2/c1-18(2,3)25-17(24)21-11-5-4-6-14-22-15(16(20)23-14)12-7-9-13(19)10-8-12/h7-10,15-16H,4-6,11H2,1-3H3,(H,21,24)(H,22,23). The zero-order valence-corrected chi connectivity index (χ0v) is 17.2. The molecule has 2 N–H and O–H groups in total. The van der Waals surface area contributed by atoms with Crippen LogP contribution in [-0.4, -0.2) is 29.6 Å². The number of amides is 1. The van der Waals surface area contributed by atoms with Crippen LogP contribution < -0.4 is 10.6 Å². The predicted molar refractivity (Wildman–Crippen MR) is 105 cm³/mol. The van der Waals surface area contributed by atoms with Gasteiger partial charge in [0.25, 0.3) is 0 Å². The molecule has 0 fully saturated rings. The SMILES string of the molecule is CC(C)(C)OC(=O)NCCCCC1=NC(c2ccc(Br)cc2)C(Cl)N1. The first kappa shape index (κ1) is 20.0. The lowest BCUT2D eigenvalue weighted by atomic mass is 10.1. The topological polar surface area (TPSA) is 62.7 Å². The summed E-state index contributed by atoms with van der Waals surface area (Å²) in [4.78, 5) is 16.3. The second-order valence-corrected chi connectivity index (χ2v) is 8.39. The van der Waals surface area contributed by atoms with E-state index in [0.717, 1.165) is 35.1 Å². The van der Waals surface area contributed by atoms with Crippen LogP contribution in [0.25, 0.3) is 0 Å². The molecule has 7 heteroatoms. The highest BCUT2D eigenvalue weighted by Crippen LogP contribution is 2.29. The van der Waals surface area contributed by atoms with Crippen LogP contribution in [0.3, 0.4) is 0 Å². The third-order valence-electron chi connectivity index (χ3n) is 3.60. The molecular weight excluding hydrogens is 406 g/mol. The first-order chi connectivity index (χ1) is 11.7. The minimum atomic E-state index is -0.468. The summed E-state index contributed by atoms with van der Waals surface area (Å²) in [7, 11) is 0. The molecule has 1 amide bonds. The lowest BCUT2D eigenvalue weighted by Gasteiger charge is -2.19. The number of unbranched alkanes of at least 4 members (excludes halogenated alkanes) is 1. The highest BCUT2D eigenvalue weighted by Gasteiger charge is 2.27. The average Bonchev–Trinajstić information content (AvgIpc) is 2.87. The number of alkyl halides is 1. The van der Waals surface area contributed by atoms with Gasteiger partial charge in [0, 0.05) is 17.4 Å². The van der Waals surface area contributed by atoms with Crippen molar-refractivity contribution in [1.29, 1.82) is 0 Å². The van der Waals surface area contributed by atoms with Crippen LogP contribution in [0.2, 0.25) is 0 Å². The highest BCUT2D eigenvalue weighted by atomic mass is 79.9. The Hall–Kier alpha value is -1.27. The van der Waals surface area contributed by atoms with E-state index in [2.05, 4.69) is 26.6 Å². The molecule has 0 aliphatic carbocycles. The molecule has 2 unspecified atom stereocenters. The van der Waals surface area contributed by atoms with Crippen LogP contribution in [-0.2, 0) is 4.74 Å². The highest BCUT2D eigenvalue weighted by molar-refractivity contribution is 9.10. The number of carbonyl (C=O) groups excluding carboxylic acids is 1. The monoisotopic (exact) mass is 429 g/mol. The molecule has 138 valence electrons. The van der Waals surface area contributed by atoms with Gasteiger partial charge in [-0.1, -0.05) is 39.7 Å². The van der Waals surface area contributed by atoms with Crippen molar-refractivity contribution >= 4 is 39.5 Å². The first-order valence-electron chi connectivity index (χ1n) is 8.44. The van der Waals surface area contributed by atoms with Gasteiger partial charge in [0.2, 0.25) is 0 Å². The Labute approximate surface area is 162 Å². The molecule has 2 rings (SSSR count). The first-order valence-corrected chi connectivity index (χ1v) is 9.67. The van der Waals surface area contributed by atoms with Crippen molar-refractivity contribution in [1.82, 2.24) is 10.6 Å². The Bertz CT molecular complexity index is 614. The molecule has 1 heterocycles. The number of nitrogens with one attached hydrogen (secondary N) is 2. The molecule has 0 saturated carbocycles. The number of hydrogen-bond acceptors (Lipinski definition) is 4. The smallest absolute Gasteiger partial charge is 0.407 e. The lowest BCUT2D eigenvalue weighted by Crippen LogP contribution is -2.33. The number of amidine groups is 1. The van der Waals surface area contributed by atoms with Crippen LogP contribution >= 0.6 is 27.5 Å². The second kappa shape index (κ2) is 8.90. The second-order valence-electron chi connectivity index (χ2n) is 7.00. The van der Waals surface area contributed by atoms with E-state index in [9.17, 15) is 4.79 Å². The fraction of sp³-hybridized carbons (Fsp3) is 0.556. The summed E-state index contributed by atoms with van der Waals surface area (Å²) in [6, 6.07) is 7.99. The summed E-state index contributed by atoms with van der Waals surface area (Å²) in [6.07, 6.45) is 2.21. The van der Waals surface area contributed by atoms with E-state index in [4.69, 9.17) is 21.3 Å². The van der Waals surface area contributed by atoms with Crippen LogP contribution in [0.1, 0.15) is 51.6 Å². The van der Waals surface area contributed by atoms with Gasteiger partial charge in [-0.3, -0.25) is 4.99 Å². The Morgan fingerprint density at radius 1 is 1.32 bits per heavy atom. The number of hydrogen-bond donors (Lipinski definition) is 2. The number of halogens is 2. The van der Waals surface area contributed by atoms with Gasteiger partial charge in [0.15, 0.2) is 0 Å². The van der Waals surface area contributed by atoms with Gasteiger partial charge in [-0.05, 0) is 51.3 Å². The van der Waals surface area contributed by atoms with E-state index >= 15 is 0 Å². The van der Waals surface area contributed by atoms with E-state index in [1.807, 2.05) is 45.0 Å². The summed E-state index contributed by atoms with van der Waals surface area (Å²) in [5.41, 5.74) is 0.401. The van der Waals surface area contributed by atoms with Gasteiger partial charge in [0.05, 0.1) is 5.84 Å². The van der Waals surface area contributed by atoms with Crippen molar-refractivity contribution in [2.24, 2.45) is 4.99 Å². The van der Waals surface area contributed by atoms with E-state index in [0.29, 0.717) is 6.54 Å². The number of nitrogens with zero attached hydrogens (tertiary/aromatic N) is 1. The number of alkyl carbamates (subject to hydrolysis) is 1. The maximum absolute atomic E-state index is 11.6. The zero-order valence-electron chi connectivity index (χ0n) is 14.8. The number of carbonyl (C=O) groups is 1. The molecule has 1 aromatic carbocycles. The third-order valence-corrected chi connectivity index (χ3v) is 4.47. The maximum Gasteiger partial charge on any atom is 0.407 e. The molecule has 1 aliphatic heterocycles. The molecule has 25 heavy (non-hydrogen) atoms. The Kier molecular flexibility index (Phi) is 7.14. The largest absolute Gasteiger partial charge is 0.444 e. The fourth-order valence-corrected chi connectivity index (χ4v) is 3.06. The van der Waals surface area contributed by atoms with Crippen molar-refractivity contribution in [3.05, 3.63) is 34.3 Å². The van der Waals surface area contributed by atoms with Crippen LogP contribution in [0.5, 0.6) is 0 Å². The Morgan fingerprint density at radius 2 is 2.00 bits per heavy atom. The van der Waals surface area contributed by atoms with Gasteiger partial charge in [0.1, 0.15) is 17.1 Å². The lowest BCUT2D eigenvalue weighted by molar-refractivity contribution is 0.0527. The fourth-order valence-electron chi connectivity index (χ4n) is 2.47. The maximum atomic E-state index is 11.6. The third kappa shape index (κ3) is 6.86. The Balaban J connectivity index is 1.72. The molecule has 1 aromatic rings. The quantitative estimate of drug-likeness (QED) is 0.389. The normalized spacial score (nSPS) is 20.0. The summed E-state index contributed by atoms with van der Waals surface area (Å²) in [6.45, 7) is 6.13. The Morgan fingerprint density at radius 3 is 2.64 bits per heavy atom. The van der Waals surface area contributed by atoms with Crippen molar-refractivity contribution in [2.45, 2.75) is 57.2 Å². The zero-order chi connectivity index (χ0) is 18.4. The average molecular weight is 431 g/mol. The minimum absolute atomic E-state index is 0.0651. The number of aliphatic imine (C=N–C) groups is 1. The molecule has 0 saturated heterocycles. The van der Waals surface area contributed by atoms with E-state index in [1.165, 1.54) is 0 Å². The van der Waals surface area contributed by atoms with E-state index in [-0.39, 0.29) is 17.6 Å². The van der Waals surface area contributed by atoms with Gasteiger partial charge in [-0.25, -0.2) is 4.79 Å². The van der Waals surface area contributed by atoms with Crippen molar-refractivity contribution in [3.8, 4) is 0 Å². The summed E-state index contributed by atoms with van der Waals surface area (Å²) in [5, 5.41) is 6.00. The van der Waals surface area contributed by atoms with E-state index in [1.54, 1.807) is 0 Å². The molecule has 5 nitrogen and oxygen atoms in total. The molecule has 1 aliphatic rings. The van der Waals surface area contributed by atoms with Crippen LogP contribution in [0, 0.1) is 0 Å². The van der Waals surface area contributed by atoms with Crippen LogP contribution in [0.15, 0.2) is 33.7 Å². The van der Waals surface area contributed by atoms with Gasteiger partial charge in [-0.15, -0.1) is 0 Å². The van der Waals surface area contributed by atoms with Crippen molar-refractivity contribution in [2.75, 3.05) is 6.54 Å². The summed E-state index contributed by atoms with van der Waals surface area (Å²) in [5.74, 6) is 0.921. The molecular formula is C18H25BrClN3O2. The van der Waals surface area contributed by atoms with Gasteiger partial charge < -0.3 is 15.4 Å². The number of rotatable bonds is 6. The van der Waals surface area contributed by atoms with Crippen molar-refractivity contribution in [3.63, 3.8) is 0 Å². The van der Waals surface area contributed by atoms with Gasteiger partial charge >= 0.3 is 6.09 Å². The number of ether oxygens (including phenoxy) is 1. The van der Waals surface area contributed by atoms with Crippen molar-refractivity contribution < 1.29 is 9.53 Å². The van der Waals surface area contributed by atoms with Gasteiger partial charge in [-0.2, -0.15) is 0 Å². The molecule has 0 radical (unpaired) electrons. The van der Waals surface area contributed by atoms with Crippen LogP contribution in [0.4, 0.5) is 4.79 Å². The molecule has 2 atom stereocenters. The molecule has 0 bridgehead atoms. The predicted octanol–water partition coefficient (Wildman–Crippen LogP) is 4.75. The molecule has 0 aromatic heterocycles. The summed E-state index contributed by atoms with van der Waals surface area (Å²) < 4.78 is 6.23. The summed E-state index contributed by atoms with van der Waals surface area (Å²) >= 11 is 9.81. The van der Waals surface area contributed by atoms with E-state index < -0.39 is 5.60 Å².